The molecule has 0 amide bonds. The van der Waals surface area contributed by atoms with Crippen LogP contribution in [0.3, 0.4) is 0 Å². The zero-order valence-electron chi connectivity index (χ0n) is 10.1. The van der Waals surface area contributed by atoms with Gasteiger partial charge in [0.25, 0.3) is 0 Å². The molecule has 0 bridgehead atoms. The Morgan fingerprint density at radius 1 is 1.29 bits per heavy atom. The van der Waals surface area contributed by atoms with Gasteiger partial charge in [0.2, 0.25) is 0 Å². The number of likely N-dealkylation sites (tertiary alicyclic amines) is 1. The number of nitrogens with two attached hydrogens (primary N) is 1. The smallest absolute Gasteiger partial charge is 0.00789 e. The zero-order chi connectivity index (χ0) is 10.6. The van der Waals surface area contributed by atoms with Gasteiger partial charge in [0.15, 0.2) is 0 Å². The van der Waals surface area contributed by atoms with Crippen molar-refractivity contribution in [2.75, 3.05) is 19.6 Å². The van der Waals surface area contributed by atoms with E-state index < -0.39 is 0 Å². The maximum atomic E-state index is 5.60. The van der Waals surface area contributed by atoms with Gasteiger partial charge >= 0.3 is 0 Å². The van der Waals surface area contributed by atoms with Crippen LogP contribution < -0.4 is 5.73 Å². The summed E-state index contributed by atoms with van der Waals surface area (Å²) in [4.78, 5) is 2.61. The van der Waals surface area contributed by atoms with Gasteiger partial charge in [-0.3, -0.25) is 0 Å². The highest BCUT2D eigenvalue weighted by Crippen LogP contribution is 2.30. The molecule has 14 heavy (non-hydrogen) atoms. The van der Waals surface area contributed by atoms with Gasteiger partial charge in [0.05, 0.1) is 0 Å². The molecular formula is C12H26N2. The van der Waals surface area contributed by atoms with Crippen LogP contribution in [0, 0.1) is 5.41 Å². The first-order chi connectivity index (χ1) is 6.55. The molecule has 84 valence electrons. The van der Waals surface area contributed by atoms with Crippen molar-refractivity contribution in [3.05, 3.63) is 0 Å². The lowest BCUT2D eigenvalue weighted by Gasteiger charge is -2.28. The molecule has 1 fully saturated rings. The van der Waals surface area contributed by atoms with Crippen molar-refractivity contribution in [3.63, 3.8) is 0 Å². The number of nitrogens with zero attached hydrogens (tertiary/aromatic N) is 1. The summed E-state index contributed by atoms with van der Waals surface area (Å²) < 4.78 is 0. The highest BCUT2D eigenvalue weighted by atomic mass is 15.1. The van der Waals surface area contributed by atoms with Crippen molar-refractivity contribution in [1.82, 2.24) is 4.90 Å². The highest BCUT2D eigenvalue weighted by molar-refractivity contribution is 4.78. The van der Waals surface area contributed by atoms with E-state index in [1.807, 2.05) is 0 Å². The first kappa shape index (κ1) is 12.0. The van der Waals surface area contributed by atoms with E-state index in [1.165, 1.54) is 32.4 Å². The van der Waals surface area contributed by atoms with Crippen LogP contribution in [0.5, 0.6) is 0 Å². The SMILES string of the molecule is CC(CCN)N1CCCC(C)(C)CC1. The minimum atomic E-state index is 0.553. The standard InChI is InChI=1S/C12H26N2/c1-11(5-8-13)14-9-4-6-12(2,3)7-10-14/h11H,4-10,13H2,1-3H3. The van der Waals surface area contributed by atoms with Crippen LogP contribution in [-0.2, 0) is 0 Å². The van der Waals surface area contributed by atoms with Crippen LogP contribution in [0.1, 0.15) is 46.5 Å². The van der Waals surface area contributed by atoms with Crippen molar-refractivity contribution >= 4 is 0 Å². The van der Waals surface area contributed by atoms with E-state index in [-0.39, 0.29) is 0 Å². The normalized spacial score (nSPS) is 25.7. The van der Waals surface area contributed by atoms with E-state index in [1.54, 1.807) is 0 Å². The van der Waals surface area contributed by atoms with Crippen molar-refractivity contribution in [1.29, 1.82) is 0 Å². The Balaban J connectivity index is 2.41. The van der Waals surface area contributed by atoms with Crippen LogP contribution in [0.4, 0.5) is 0 Å². The molecule has 0 aromatic carbocycles. The second-order valence-corrected chi connectivity index (χ2v) is 5.48. The third-order valence-corrected chi connectivity index (χ3v) is 3.58. The van der Waals surface area contributed by atoms with Crippen molar-refractivity contribution in [2.45, 2.75) is 52.5 Å². The molecule has 1 aliphatic rings. The molecule has 2 nitrogen and oxygen atoms in total. The quantitative estimate of drug-likeness (QED) is 0.753. The maximum Gasteiger partial charge on any atom is 0.00789 e. The molecule has 1 saturated heterocycles. The minimum absolute atomic E-state index is 0.553. The van der Waals surface area contributed by atoms with Crippen molar-refractivity contribution in [3.8, 4) is 0 Å². The molecule has 0 aromatic heterocycles. The second kappa shape index (κ2) is 5.13. The van der Waals surface area contributed by atoms with Gasteiger partial charge < -0.3 is 10.6 Å². The second-order valence-electron chi connectivity index (χ2n) is 5.48. The first-order valence-corrected chi connectivity index (χ1v) is 5.99. The molecule has 0 aliphatic carbocycles. The Kier molecular flexibility index (Phi) is 4.39. The van der Waals surface area contributed by atoms with Gasteiger partial charge in [-0.25, -0.2) is 0 Å². The first-order valence-electron chi connectivity index (χ1n) is 5.99. The Morgan fingerprint density at radius 3 is 2.64 bits per heavy atom. The van der Waals surface area contributed by atoms with Crippen LogP contribution in [0.25, 0.3) is 0 Å². The average molecular weight is 198 g/mol. The largest absolute Gasteiger partial charge is 0.330 e. The number of hydrogen-bond donors (Lipinski definition) is 1. The summed E-state index contributed by atoms with van der Waals surface area (Å²) in [5.41, 5.74) is 6.15. The monoisotopic (exact) mass is 198 g/mol. The molecule has 2 heteroatoms. The molecule has 1 atom stereocenters. The summed E-state index contributed by atoms with van der Waals surface area (Å²) in [5, 5.41) is 0. The van der Waals surface area contributed by atoms with Gasteiger partial charge in [-0.05, 0) is 57.7 Å². The van der Waals surface area contributed by atoms with Crippen molar-refractivity contribution < 1.29 is 0 Å². The minimum Gasteiger partial charge on any atom is -0.330 e. The molecule has 1 unspecified atom stereocenters. The van der Waals surface area contributed by atoms with Crippen LogP contribution >= 0.6 is 0 Å². The zero-order valence-corrected chi connectivity index (χ0v) is 10.1. The van der Waals surface area contributed by atoms with Gasteiger partial charge in [-0.2, -0.15) is 0 Å². The fourth-order valence-electron chi connectivity index (χ4n) is 2.31. The van der Waals surface area contributed by atoms with Crippen LogP contribution in [-0.4, -0.2) is 30.6 Å². The lowest BCUT2D eigenvalue weighted by Crippen LogP contribution is -2.35. The fraction of sp³-hybridized carbons (Fsp3) is 1.00. The van der Waals surface area contributed by atoms with E-state index in [2.05, 4.69) is 25.7 Å². The lowest BCUT2D eigenvalue weighted by molar-refractivity contribution is 0.200. The van der Waals surface area contributed by atoms with Gasteiger partial charge in [-0.15, -0.1) is 0 Å². The third-order valence-electron chi connectivity index (χ3n) is 3.58. The molecular weight excluding hydrogens is 172 g/mol. The van der Waals surface area contributed by atoms with Gasteiger partial charge in [0, 0.05) is 6.04 Å². The van der Waals surface area contributed by atoms with E-state index in [0.29, 0.717) is 11.5 Å². The van der Waals surface area contributed by atoms with E-state index >= 15 is 0 Å². The van der Waals surface area contributed by atoms with Crippen LogP contribution in [0.2, 0.25) is 0 Å². The molecule has 1 rings (SSSR count). The molecule has 0 aromatic rings. The molecule has 0 radical (unpaired) electrons. The molecule has 1 aliphatic heterocycles. The van der Waals surface area contributed by atoms with E-state index in [0.717, 1.165) is 13.0 Å². The predicted molar refractivity (Wildman–Crippen MR) is 62.3 cm³/mol. The Hall–Kier alpha value is -0.0800. The van der Waals surface area contributed by atoms with Crippen LogP contribution in [0.15, 0.2) is 0 Å². The van der Waals surface area contributed by atoms with E-state index in [4.69, 9.17) is 5.73 Å². The molecule has 0 saturated carbocycles. The summed E-state index contributed by atoms with van der Waals surface area (Å²) in [6.07, 6.45) is 5.20. The number of rotatable bonds is 3. The third kappa shape index (κ3) is 3.58. The highest BCUT2D eigenvalue weighted by Gasteiger charge is 2.24. The van der Waals surface area contributed by atoms with Crippen molar-refractivity contribution in [2.24, 2.45) is 11.1 Å². The summed E-state index contributed by atoms with van der Waals surface area (Å²) in [6.45, 7) is 10.4. The predicted octanol–water partition coefficient (Wildman–Crippen LogP) is 2.24. The topological polar surface area (TPSA) is 29.3 Å². The molecule has 2 N–H and O–H groups in total. The van der Waals surface area contributed by atoms with Gasteiger partial charge in [0.1, 0.15) is 0 Å². The molecule has 0 spiro atoms. The maximum absolute atomic E-state index is 5.60. The summed E-state index contributed by atoms with van der Waals surface area (Å²) >= 11 is 0. The van der Waals surface area contributed by atoms with E-state index in [9.17, 15) is 0 Å². The Bertz CT molecular complexity index is 166. The summed E-state index contributed by atoms with van der Waals surface area (Å²) in [6, 6.07) is 0.675. The summed E-state index contributed by atoms with van der Waals surface area (Å²) in [7, 11) is 0. The Labute approximate surface area is 88.8 Å². The lowest BCUT2D eigenvalue weighted by atomic mass is 9.85. The number of hydrogen-bond acceptors (Lipinski definition) is 2. The molecule has 1 heterocycles. The van der Waals surface area contributed by atoms with Gasteiger partial charge in [-0.1, -0.05) is 13.8 Å². The fourth-order valence-corrected chi connectivity index (χ4v) is 2.31. The Morgan fingerprint density at radius 2 is 2.00 bits per heavy atom. The summed E-state index contributed by atoms with van der Waals surface area (Å²) in [5.74, 6) is 0. The average Bonchev–Trinajstić information content (AvgIpc) is 2.27.